The Morgan fingerprint density at radius 2 is 2.00 bits per heavy atom. The molecule has 0 amide bonds. The maximum atomic E-state index is 11.8. The van der Waals surface area contributed by atoms with E-state index in [1.165, 1.54) is 17.9 Å². The zero-order valence-corrected chi connectivity index (χ0v) is 10.8. The van der Waals surface area contributed by atoms with Crippen LogP contribution in [0.25, 0.3) is 10.8 Å². The van der Waals surface area contributed by atoms with Crippen molar-refractivity contribution < 1.29 is 14.3 Å². The summed E-state index contributed by atoms with van der Waals surface area (Å²) in [5, 5.41) is 2.36. The van der Waals surface area contributed by atoms with E-state index in [1.54, 1.807) is 0 Å². The Labute approximate surface area is 112 Å². The van der Waals surface area contributed by atoms with Crippen molar-refractivity contribution in [2.45, 2.75) is 12.5 Å². The molecule has 0 saturated carbocycles. The highest BCUT2D eigenvalue weighted by atomic mass is 16.5. The minimum Gasteiger partial charge on any atom is -0.469 e. The lowest BCUT2D eigenvalue weighted by atomic mass is 9.94. The number of esters is 1. The summed E-state index contributed by atoms with van der Waals surface area (Å²) >= 11 is 0. The Morgan fingerprint density at radius 3 is 2.79 bits per heavy atom. The maximum absolute atomic E-state index is 11.8. The monoisotopic (exact) mass is 256 g/mol. The molecule has 3 heteroatoms. The van der Waals surface area contributed by atoms with Crippen LogP contribution in [0.2, 0.25) is 0 Å². The van der Waals surface area contributed by atoms with Gasteiger partial charge in [-0.25, -0.2) is 0 Å². The fourth-order valence-electron chi connectivity index (χ4n) is 2.70. The molecular formula is C16H16O3. The smallest absolute Gasteiger partial charge is 0.311 e. The molecule has 0 aliphatic carbocycles. The Hall–Kier alpha value is -1.87. The predicted octanol–water partition coefficient (Wildman–Crippen LogP) is 3.09. The van der Waals surface area contributed by atoms with Crippen LogP contribution in [0.1, 0.15) is 18.1 Å². The second-order valence-corrected chi connectivity index (χ2v) is 4.82. The summed E-state index contributed by atoms with van der Waals surface area (Å²) in [5.74, 6) is -0.373. The molecule has 1 fully saturated rings. The fourth-order valence-corrected chi connectivity index (χ4v) is 2.70. The topological polar surface area (TPSA) is 35.5 Å². The highest BCUT2D eigenvalue weighted by Crippen LogP contribution is 2.36. The molecule has 98 valence electrons. The number of carbonyl (C=O) groups is 1. The number of rotatable bonds is 2. The van der Waals surface area contributed by atoms with Crippen LogP contribution in [-0.4, -0.2) is 19.7 Å². The van der Waals surface area contributed by atoms with Crippen molar-refractivity contribution in [3.63, 3.8) is 0 Å². The summed E-state index contributed by atoms with van der Waals surface area (Å²) in [6, 6.07) is 14.4. The Bertz CT molecular complexity index is 606. The van der Waals surface area contributed by atoms with Gasteiger partial charge in [0.1, 0.15) is 0 Å². The molecule has 0 aromatic heterocycles. The minimum absolute atomic E-state index is 0.183. The van der Waals surface area contributed by atoms with Crippen LogP contribution in [0.15, 0.2) is 42.5 Å². The van der Waals surface area contributed by atoms with Gasteiger partial charge in [-0.2, -0.15) is 0 Å². The van der Waals surface area contributed by atoms with Crippen LogP contribution >= 0.6 is 0 Å². The van der Waals surface area contributed by atoms with Gasteiger partial charge in [-0.15, -0.1) is 0 Å². The van der Waals surface area contributed by atoms with Gasteiger partial charge in [-0.3, -0.25) is 4.79 Å². The molecule has 0 spiro atoms. The lowest BCUT2D eigenvalue weighted by molar-refractivity contribution is -0.147. The largest absolute Gasteiger partial charge is 0.469 e. The van der Waals surface area contributed by atoms with E-state index in [1.807, 2.05) is 18.2 Å². The highest BCUT2D eigenvalue weighted by molar-refractivity contribution is 5.83. The molecule has 1 heterocycles. The van der Waals surface area contributed by atoms with E-state index < -0.39 is 0 Å². The maximum Gasteiger partial charge on any atom is 0.311 e. The van der Waals surface area contributed by atoms with Gasteiger partial charge >= 0.3 is 5.97 Å². The van der Waals surface area contributed by atoms with Crippen molar-refractivity contribution in [3.8, 4) is 0 Å². The van der Waals surface area contributed by atoms with Gasteiger partial charge in [0.05, 0.1) is 19.1 Å². The van der Waals surface area contributed by atoms with Gasteiger partial charge in [0.15, 0.2) is 0 Å². The summed E-state index contributed by atoms with van der Waals surface area (Å²) in [4.78, 5) is 11.8. The van der Waals surface area contributed by atoms with Crippen molar-refractivity contribution in [3.05, 3.63) is 48.0 Å². The first kappa shape index (κ1) is 12.2. The van der Waals surface area contributed by atoms with Crippen LogP contribution in [0, 0.1) is 5.92 Å². The van der Waals surface area contributed by atoms with Gasteiger partial charge in [0, 0.05) is 6.61 Å². The Kier molecular flexibility index (Phi) is 3.22. The average molecular weight is 256 g/mol. The van der Waals surface area contributed by atoms with Gasteiger partial charge in [0.2, 0.25) is 0 Å². The van der Waals surface area contributed by atoms with Crippen LogP contribution in [0.3, 0.4) is 0 Å². The second kappa shape index (κ2) is 5.02. The van der Waals surface area contributed by atoms with Crippen molar-refractivity contribution in [1.82, 2.24) is 0 Å². The first-order valence-electron chi connectivity index (χ1n) is 6.48. The zero-order chi connectivity index (χ0) is 13.2. The SMILES string of the molecule is COC(=O)[C@@H]1CCO[C@H]1c1ccc2ccccc2c1. The van der Waals surface area contributed by atoms with Crippen molar-refractivity contribution in [2.24, 2.45) is 5.92 Å². The normalized spacial score (nSPS) is 22.6. The molecule has 1 saturated heterocycles. The Balaban J connectivity index is 1.96. The average Bonchev–Trinajstić information content (AvgIpc) is 2.95. The highest BCUT2D eigenvalue weighted by Gasteiger charge is 2.35. The number of ether oxygens (including phenoxy) is 2. The van der Waals surface area contributed by atoms with Crippen molar-refractivity contribution in [2.75, 3.05) is 13.7 Å². The quantitative estimate of drug-likeness (QED) is 0.774. The molecule has 1 aliphatic heterocycles. The third-order valence-electron chi connectivity index (χ3n) is 3.70. The minimum atomic E-state index is -0.189. The van der Waals surface area contributed by atoms with E-state index in [4.69, 9.17) is 9.47 Å². The van der Waals surface area contributed by atoms with Gasteiger partial charge in [-0.05, 0) is 28.8 Å². The van der Waals surface area contributed by atoms with Gasteiger partial charge in [0.25, 0.3) is 0 Å². The summed E-state index contributed by atoms with van der Waals surface area (Å²) in [6.07, 6.45) is 0.543. The predicted molar refractivity (Wildman–Crippen MR) is 72.8 cm³/mol. The molecule has 2 atom stereocenters. The van der Waals surface area contributed by atoms with E-state index in [2.05, 4.69) is 24.3 Å². The third-order valence-corrected chi connectivity index (χ3v) is 3.70. The number of hydrogen-bond acceptors (Lipinski definition) is 3. The summed E-state index contributed by atoms with van der Waals surface area (Å²) < 4.78 is 10.6. The first-order valence-corrected chi connectivity index (χ1v) is 6.48. The van der Waals surface area contributed by atoms with Crippen molar-refractivity contribution >= 4 is 16.7 Å². The van der Waals surface area contributed by atoms with Crippen LogP contribution < -0.4 is 0 Å². The molecule has 3 nitrogen and oxygen atoms in total. The number of hydrogen-bond donors (Lipinski definition) is 0. The van der Waals surface area contributed by atoms with Gasteiger partial charge in [-0.1, -0.05) is 36.4 Å². The third kappa shape index (κ3) is 2.22. The lowest BCUT2D eigenvalue weighted by Gasteiger charge is -2.17. The number of carbonyl (C=O) groups excluding carboxylic acids is 1. The molecule has 0 N–H and O–H groups in total. The number of benzene rings is 2. The molecule has 1 aliphatic rings. The van der Waals surface area contributed by atoms with Gasteiger partial charge < -0.3 is 9.47 Å². The standard InChI is InChI=1S/C16H16O3/c1-18-16(17)14-8-9-19-15(14)13-7-6-11-4-2-3-5-12(11)10-13/h2-7,10,14-15H,8-9H2,1H3/t14-,15+/m1/s1. The lowest BCUT2D eigenvalue weighted by Crippen LogP contribution is -2.19. The second-order valence-electron chi connectivity index (χ2n) is 4.82. The van der Waals surface area contributed by atoms with E-state index in [0.717, 1.165) is 12.0 Å². The molecular weight excluding hydrogens is 240 g/mol. The molecule has 0 unspecified atom stereocenters. The van der Waals surface area contributed by atoms with Crippen molar-refractivity contribution in [1.29, 1.82) is 0 Å². The molecule has 0 bridgehead atoms. The summed E-state index contributed by atoms with van der Waals surface area (Å²) in [7, 11) is 1.43. The molecule has 2 aromatic rings. The molecule has 2 aromatic carbocycles. The number of fused-ring (bicyclic) bond motifs is 1. The van der Waals surface area contributed by atoms with Crippen LogP contribution in [0.5, 0.6) is 0 Å². The van der Waals surface area contributed by atoms with Crippen LogP contribution in [-0.2, 0) is 14.3 Å². The number of methoxy groups -OCH3 is 1. The van der Waals surface area contributed by atoms with E-state index in [0.29, 0.717) is 6.61 Å². The van der Waals surface area contributed by atoms with E-state index in [9.17, 15) is 4.79 Å². The molecule has 0 radical (unpaired) electrons. The first-order chi connectivity index (χ1) is 9.29. The summed E-state index contributed by atoms with van der Waals surface area (Å²) in [6.45, 7) is 0.608. The zero-order valence-electron chi connectivity index (χ0n) is 10.8. The van der Waals surface area contributed by atoms with E-state index in [-0.39, 0.29) is 18.0 Å². The van der Waals surface area contributed by atoms with Crippen LogP contribution in [0.4, 0.5) is 0 Å². The van der Waals surface area contributed by atoms with E-state index >= 15 is 0 Å². The fraction of sp³-hybridized carbons (Fsp3) is 0.312. The molecule has 3 rings (SSSR count). The summed E-state index contributed by atoms with van der Waals surface area (Å²) in [5.41, 5.74) is 1.05. The Morgan fingerprint density at radius 1 is 1.21 bits per heavy atom. The molecule has 19 heavy (non-hydrogen) atoms.